The Kier molecular flexibility index (Phi) is 5.13. The monoisotopic (exact) mass is 211 g/mol. The number of rotatable bonds is 4. The van der Waals surface area contributed by atoms with E-state index in [-0.39, 0.29) is 11.8 Å². The van der Waals surface area contributed by atoms with Gasteiger partial charge in [-0.15, -0.1) is 0 Å². The minimum atomic E-state index is 0.120. The van der Waals surface area contributed by atoms with Crippen molar-refractivity contribution in [2.24, 2.45) is 11.8 Å². The quantitative estimate of drug-likeness (QED) is 0.760. The minimum absolute atomic E-state index is 0.120. The molecule has 0 aromatic carbocycles. The van der Waals surface area contributed by atoms with Crippen molar-refractivity contribution in [2.75, 3.05) is 0 Å². The van der Waals surface area contributed by atoms with Crippen LogP contribution in [0.4, 0.5) is 0 Å². The van der Waals surface area contributed by atoms with E-state index in [0.29, 0.717) is 6.04 Å². The maximum Gasteiger partial charge on any atom is 0.222 e. The van der Waals surface area contributed by atoms with E-state index in [1.807, 2.05) is 13.8 Å². The SMILES string of the molecule is CCC[C@H]1CCCC[C@@H]1NC(=O)C(C)C. The van der Waals surface area contributed by atoms with Crippen molar-refractivity contribution in [1.82, 2.24) is 5.32 Å². The van der Waals surface area contributed by atoms with Crippen LogP contribution in [0.3, 0.4) is 0 Å². The maximum atomic E-state index is 11.6. The summed E-state index contributed by atoms with van der Waals surface area (Å²) >= 11 is 0. The van der Waals surface area contributed by atoms with E-state index < -0.39 is 0 Å². The summed E-state index contributed by atoms with van der Waals surface area (Å²) in [5.74, 6) is 1.07. The van der Waals surface area contributed by atoms with Crippen LogP contribution in [0.2, 0.25) is 0 Å². The fraction of sp³-hybridized carbons (Fsp3) is 0.923. The summed E-state index contributed by atoms with van der Waals surface area (Å²) < 4.78 is 0. The first-order chi connectivity index (χ1) is 7.15. The highest BCUT2D eigenvalue weighted by Crippen LogP contribution is 2.28. The van der Waals surface area contributed by atoms with E-state index in [1.165, 1.54) is 38.5 Å². The molecule has 2 atom stereocenters. The average molecular weight is 211 g/mol. The fourth-order valence-electron chi connectivity index (χ4n) is 2.46. The molecule has 1 saturated carbocycles. The number of carbonyl (C=O) groups is 1. The van der Waals surface area contributed by atoms with Crippen LogP contribution in [0.25, 0.3) is 0 Å². The van der Waals surface area contributed by atoms with Gasteiger partial charge < -0.3 is 5.32 Å². The van der Waals surface area contributed by atoms with Gasteiger partial charge in [-0.2, -0.15) is 0 Å². The first-order valence-corrected chi connectivity index (χ1v) is 6.45. The molecule has 15 heavy (non-hydrogen) atoms. The molecule has 0 bridgehead atoms. The highest BCUT2D eigenvalue weighted by molar-refractivity contribution is 5.78. The van der Waals surface area contributed by atoms with Gasteiger partial charge in [0.1, 0.15) is 0 Å². The predicted octanol–water partition coefficient (Wildman–Crippen LogP) is 3.12. The van der Waals surface area contributed by atoms with Crippen LogP contribution in [0.1, 0.15) is 59.3 Å². The van der Waals surface area contributed by atoms with E-state index in [9.17, 15) is 4.79 Å². The number of hydrogen-bond donors (Lipinski definition) is 1. The molecule has 1 amide bonds. The van der Waals surface area contributed by atoms with Crippen molar-refractivity contribution in [1.29, 1.82) is 0 Å². The number of amides is 1. The van der Waals surface area contributed by atoms with Crippen LogP contribution in [0.5, 0.6) is 0 Å². The van der Waals surface area contributed by atoms with E-state index in [4.69, 9.17) is 0 Å². The summed E-state index contributed by atoms with van der Waals surface area (Å²) in [5.41, 5.74) is 0. The molecule has 0 aromatic rings. The molecule has 0 unspecified atom stereocenters. The Balaban J connectivity index is 2.45. The number of nitrogens with one attached hydrogen (secondary N) is 1. The van der Waals surface area contributed by atoms with Gasteiger partial charge in [0, 0.05) is 12.0 Å². The molecule has 1 aliphatic carbocycles. The van der Waals surface area contributed by atoms with Crippen LogP contribution in [-0.4, -0.2) is 11.9 Å². The third-order valence-electron chi connectivity index (χ3n) is 3.42. The number of carbonyl (C=O) groups excluding carboxylic acids is 1. The smallest absolute Gasteiger partial charge is 0.222 e. The van der Waals surface area contributed by atoms with Gasteiger partial charge in [0.2, 0.25) is 5.91 Å². The van der Waals surface area contributed by atoms with Gasteiger partial charge in [0.25, 0.3) is 0 Å². The Morgan fingerprint density at radius 3 is 2.60 bits per heavy atom. The van der Waals surface area contributed by atoms with Gasteiger partial charge in [-0.25, -0.2) is 0 Å². The zero-order chi connectivity index (χ0) is 11.3. The molecule has 1 fully saturated rings. The second-order valence-corrected chi connectivity index (χ2v) is 5.10. The fourth-order valence-corrected chi connectivity index (χ4v) is 2.46. The molecule has 1 N–H and O–H groups in total. The van der Waals surface area contributed by atoms with E-state index in [0.717, 1.165) is 5.92 Å². The molecule has 2 nitrogen and oxygen atoms in total. The van der Waals surface area contributed by atoms with Crippen LogP contribution in [0.15, 0.2) is 0 Å². The van der Waals surface area contributed by atoms with E-state index in [1.54, 1.807) is 0 Å². The molecule has 0 aromatic heterocycles. The molecule has 0 saturated heterocycles. The van der Waals surface area contributed by atoms with Gasteiger partial charge in [0.05, 0.1) is 0 Å². The lowest BCUT2D eigenvalue weighted by Crippen LogP contribution is -2.43. The van der Waals surface area contributed by atoms with Gasteiger partial charge in [0.15, 0.2) is 0 Å². The Labute approximate surface area is 93.8 Å². The van der Waals surface area contributed by atoms with Crippen molar-refractivity contribution < 1.29 is 4.79 Å². The third-order valence-corrected chi connectivity index (χ3v) is 3.42. The summed E-state index contributed by atoms with van der Waals surface area (Å²) in [6.45, 7) is 6.16. The van der Waals surface area contributed by atoms with E-state index >= 15 is 0 Å². The summed E-state index contributed by atoms with van der Waals surface area (Å²) in [5, 5.41) is 3.21. The molecule has 1 aliphatic rings. The molecule has 1 rings (SSSR count). The standard InChI is InChI=1S/C13H25NO/c1-4-7-11-8-5-6-9-12(11)14-13(15)10(2)3/h10-12H,4-9H2,1-3H3,(H,14,15)/t11-,12-/m0/s1. The van der Waals surface area contributed by atoms with Crippen LogP contribution in [0, 0.1) is 11.8 Å². The molecule has 0 radical (unpaired) electrons. The summed E-state index contributed by atoms with van der Waals surface area (Å²) in [6.07, 6.45) is 7.61. The van der Waals surface area contributed by atoms with Gasteiger partial charge in [-0.05, 0) is 25.2 Å². The average Bonchev–Trinajstić information content (AvgIpc) is 2.21. The van der Waals surface area contributed by atoms with Crippen LogP contribution >= 0.6 is 0 Å². The highest BCUT2D eigenvalue weighted by Gasteiger charge is 2.26. The van der Waals surface area contributed by atoms with Crippen molar-refractivity contribution in [2.45, 2.75) is 65.3 Å². The molecule has 2 heteroatoms. The van der Waals surface area contributed by atoms with Crippen molar-refractivity contribution in [3.05, 3.63) is 0 Å². The lowest BCUT2D eigenvalue weighted by molar-refractivity contribution is -0.125. The second-order valence-electron chi connectivity index (χ2n) is 5.10. The Hall–Kier alpha value is -0.530. The number of hydrogen-bond acceptors (Lipinski definition) is 1. The van der Waals surface area contributed by atoms with Crippen LogP contribution < -0.4 is 5.32 Å². The summed E-state index contributed by atoms with van der Waals surface area (Å²) in [6, 6.07) is 0.452. The normalized spacial score (nSPS) is 26.7. The maximum absolute atomic E-state index is 11.6. The Bertz CT molecular complexity index is 199. The summed E-state index contributed by atoms with van der Waals surface area (Å²) in [7, 11) is 0. The van der Waals surface area contributed by atoms with Crippen LogP contribution in [-0.2, 0) is 4.79 Å². The third kappa shape index (κ3) is 3.84. The zero-order valence-electron chi connectivity index (χ0n) is 10.4. The summed E-state index contributed by atoms with van der Waals surface area (Å²) in [4.78, 5) is 11.6. The first-order valence-electron chi connectivity index (χ1n) is 6.45. The lowest BCUT2D eigenvalue weighted by Gasteiger charge is -2.32. The Morgan fingerprint density at radius 2 is 2.00 bits per heavy atom. The molecule has 0 heterocycles. The second kappa shape index (κ2) is 6.14. The molecule has 0 spiro atoms. The molecular weight excluding hydrogens is 186 g/mol. The largest absolute Gasteiger partial charge is 0.353 e. The van der Waals surface area contributed by atoms with Crippen molar-refractivity contribution in [3.63, 3.8) is 0 Å². The molecule has 0 aliphatic heterocycles. The van der Waals surface area contributed by atoms with Gasteiger partial charge >= 0.3 is 0 Å². The van der Waals surface area contributed by atoms with Gasteiger partial charge in [-0.3, -0.25) is 4.79 Å². The molecular formula is C13H25NO. The first kappa shape index (κ1) is 12.5. The molecule has 88 valence electrons. The zero-order valence-corrected chi connectivity index (χ0v) is 10.4. The van der Waals surface area contributed by atoms with Gasteiger partial charge in [-0.1, -0.05) is 40.0 Å². The highest BCUT2D eigenvalue weighted by atomic mass is 16.1. The lowest BCUT2D eigenvalue weighted by atomic mass is 9.81. The minimum Gasteiger partial charge on any atom is -0.353 e. The van der Waals surface area contributed by atoms with Crippen molar-refractivity contribution in [3.8, 4) is 0 Å². The predicted molar refractivity (Wildman–Crippen MR) is 63.6 cm³/mol. The van der Waals surface area contributed by atoms with Crippen molar-refractivity contribution >= 4 is 5.91 Å². The topological polar surface area (TPSA) is 29.1 Å². The van der Waals surface area contributed by atoms with E-state index in [2.05, 4.69) is 12.2 Å². The Morgan fingerprint density at radius 1 is 1.33 bits per heavy atom.